The number of ether oxygens (including phenoxy) is 2. The molecule has 0 atom stereocenters. The van der Waals surface area contributed by atoms with Crippen molar-refractivity contribution in [3.63, 3.8) is 0 Å². The Hall–Kier alpha value is -0.0231. The Morgan fingerprint density at radius 3 is 2.05 bits per heavy atom. The SMILES string of the molecule is CCO[Si]1(C(C)C)OCCOCC(O)COCCO1. The van der Waals surface area contributed by atoms with Gasteiger partial charge in [0.05, 0.1) is 39.6 Å². The molecule has 0 bridgehead atoms. The molecule has 1 fully saturated rings. The van der Waals surface area contributed by atoms with Crippen molar-refractivity contribution in [1.29, 1.82) is 0 Å². The molecule has 0 aromatic carbocycles. The molecule has 0 radical (unpaired) electrons. The Labute approximate surface area is 116 Å². The molecule has 0 saturated carbocycles. The lowest BCUT2D eigenvalue weighted by atomic mass is 10.4. The Morgan fingerprint density at radius 1 is 1.11 bits per heavy atom. The quantitative estimate of drug-likeness (QED) is 0.777. The highest BCUT2D eigenvalue weighted by Gasteiger charge is 2.44. The summed E-state index contributed by atoms with van der Waals surface area (Å²) in [4.78, 5) is 0. The smallest absolute Gasteiger partial charge is 0.388 e. The monoisotopic (exact) mass is 294 g/mol. The number of rotatable bonds is 3. The summed E-state index contributed by atoms with van der Waals surface area (Å²) in [5, 5.41) is 9.52. The second-order valence-electron chi connectivity index (χ2n) is 4.69. The van der Waals surface area contributed by atoms with E-state index in [0.717, 1.165) is 0 Å². The maximum atomic E-state index is 9.52. The van der Waals surface area contributed by atoms with Crippen LogP contribution in [0.1, 0.15) is 20.8 Å². The summed E-state index contributed by atoms with van der Waals surface area (Å²) in [6.07, 6.45) is -0.599. The van der Waals surface area contributed by atoms with Crippen LogP contribution in [0.3, 0.4) is 0 Å². The second kappa shape index (κ2) is 9.01. The van der Waals surface area contributed by atoms with E-state index in [1.165, 1.54) is 0 Å². The topological polar surface area (TPSA) is 66.4 Å². The van der Waals surface area contributed by atoms with E-state index in [0.29, 0.717) is 33.0 Å². The second-order valence-corrected chi connectivity index (χ2v) is 7.92. The Balaban J connectivity index is 2.59. The third-order valence-corrected chi connectivity index (χ3v) is 6.05. The molecule has 0 amide bonds. The van der Waals surface area contributed by atoms with Crippen LogP contribution >= 0.6 is 0 Å². The van der Waals surface area contributed by atoms with Crippen molar-refractivity contribution in [1.82, 2.24) is 0 Å². The molecule has 6 nitrogen and oxygen atoms in total. The summed E-state index contributed by atoms with van der Waals surface area (Å²) < 4.78 is 28.2. The maximum Gasteiger partial charge on any atom is 0.503 e. The van der Waals surface area contributed by atoms with E-state index in [1.807, 2.05) is 20.8 Å². The van der Waals surface area contributed by atoms with Gasteiger partial charge in [-0.25, -0.2) is 0 Å². The van der Waals surface area contributed by atoms with Gasteiger partial charge in [-0.1, -0.05) is 13.8 Å². The van der Waals surface area contributed by atoms with Crippen molar-refractivity contribution in [3.8, 4) is 0 Å². The van der Waals surface area contributed by atoms with E-state index in [-0.39, 0.29) is 18.8 Å². The van der Waals surface area contributed by atoms with Crippen molar-refractivity contribution < 1.29 is 27.9 Å². The third kappa shape index (κ3) is 5.86. The van der Waals surface area contributed by atoms with Crippen LogP contribution in [0.2, 0.25) is 5.54 Å². The molecule has 0 aromatic heterocycles. The van der Waals surface area contributed by atoms with Crippen molar-refractivity contribution in [2.24, 2.45) is 0 Å². The molecule has 0 aliphatic carbocycles. The minimum atomic E-state index is -2.68. The Kier molecular flexibility index (Phi) is 8.08. The zero-order valence-electron chi connectivity index (χ0n) is 12.1. The van der Waals surface area contributed by atoms with Gasteiger partial charge in [0.25, 0.3) is 0 Å². The molecule has 0 aromatic rings. The molecule has 0 unspecified atom stereocenters. The van der Waals surface area contributed by atoms with Gasteiger partial charge in [-0.2, -0.15) is 0 Å². The third-order valence-electron chi connectivity index (χ3n) is 2.73. The van der Waals surface area contributed by atoms with Gasteiger partial charge < -0.3 is 27.9 Å². The first kappa shape index (κ1) is 17.0. The van der Waals surface area contributed by atoms with Crippen LogP contribution in [0.15, 0.2) is 0 Å². The van der Waals surface area contributed by atoms with Gasteiger partial charge in [0, 0.05) is 12.1 Å². The zero-order valence-corrected chi connectivity index (χ0v) is 13.1. The molecule has 0 spiro atoms. The molecule has 19 heavy (non-hydrogen) atoms. The first-order valence-corrected chi connectivity index (χ1v) is 8.66. The predicted molar refractivity (Wildman–Crippen MR) is 72.0 cm³/mol. The molecular formula is C12H26O6Si. The summed E-state index contributed by atoms with van der Waals surface area (Å²) in [6.45, 7) is 8.75. The minimum Gasteiger partial charge on any atom is -0.388 e. The summed E-state index contributed by atoms with van der Waals surface area (Å²) in [5.74, 6) is 0. The molecule has 7 heteroatoms. The van der Waals surface area contributed by atoms with Gasteiger partial charge in [-0.05, 0) is 6.92 Å². The molecule has 1 aliphatic rings. The number of hydrogen-bond acceptors (Lipinski definition) is 6. The Bertz CT molecular complexity index is 224. The molecule has 1 aliphatic heterocycles. The summed E-state index contributed by atoms with van der Waals surface area (Å²) in [5.41, 5.74) is 0.181. The largest absolute Gasteiger partial charge is 0.503 e. The van der Waals surface area contributed by atoms with E-state index in [4.69, 9.17) is 22.8 Å². The Morgan fingerprint density at radius 2 is 1.63 bits per heavy atom. The fourth-order valence-corrected chi connectivity index (χ4v) is 4.19. The zero-order chi connectivity index (χ0) is 14.1. The standard InChI is InChI=1S/C12H26O6Si/c1-4-16-19(11(2)3)17-7-5-14-9-12(13)10-15-6-8-18-19/h11-13H,4-10H2,1-3H3. The summed E-state index contributed by atoms with van der Waals surface area (Å²) >= 11 is 0. The van der Waals surface area contributed by atoms with Crippen LogP contribution in [-0.4, -0.2) is 66.3 Å². The molecule has 1 N–H and O–H groups in total. The van der Waals surface area contributed by atoms with Crippen LogP contribution in [-0.2, 0) is 22.8 Å². The highest BCUT2D eigenvalue weighted by atomic mass is 28.4. The average molecular weight is 294 g/mol. The van der Waals surface area contributed by atoms with Gasteiger partial charge in [-0.3, -0.25) is 0 Å². The highest BCUT2D eigenvalue weighted by Crippen LogP contribution is 2.25. The molecule has 114 valence electrons. The first-order chi connectivity index (χ1) is 9.10. The van der Waals surface area contributed by atoms with E-state index in [9.17, 15) is 5.11 Å². The van der Waals surface area contributed by atoms with Crippen LogP contribution < -0.4 is 0 Å². The minimum absolute atomic E-state index is 0.181. The fourth-order valence-electron chi connectivity index (χ4n) is 1.80. The normalized spacial score (nSPS) is 31.7. The van der Waals surface area contributed by atoms with Gasteiger partial charge in [0.1, 0.15) is 6.10 Å². The van der Waals surface area contributed by atoms with E-state index in [2.05, 4.69) is 0 Å². The van der Waals surface area contributed by atoms with Crippen molar-refractivity contribution >= 4 is 8.80 Å². The molecule has 1 saturated heterocycles. The van der Waals surface area contributed by atoms with Crippen molar-refractivity contribution in [3.05, 3.63) is 0 Å². The molecular weight excluding hydrogens is 268 g/mol. The number of hydrogen-bond donors (Lipinski definition) is 1. The number of aliphatic hydroxyl groups excluding tert-OH is 1. The highest BCUT2D eigenvalue weighted by molar-refractivity contribution is 6.62. The van der Waals surface area contributed by atoms with Gasteiger partial charge in [-0.15, -0.1) is 0 Å². The van der Waals surface area contributed by atoms with Crippen molar-refractivity contribution in [2.45, 2.75) is 32.4 Å². The lowest BCUT2D eigenvalue weighted by molar-refractivity contribution is -0.0508. The first-order valence-electron chi connectivity index (χ1n) is 6.86. The predicted octanol–water partition coefficient (Wildman–Crippen LogP) is 0.813. The van der Waals surface area contributed by atoms with Crippen LogP contribution in [0.4, 0.5) is 0 Å². The van der Waals surface area contributed by atoms with Crippen LogP contribution in [0.5, 0.6) is 0 Å². The molecule has 1 heterocycles. The lowest BCUT2D eigenvalue weighted by Crippen LogP contribution is -2.50. The van der Waals surface area contributed by atoms with Crippen molar-refractivity contribution in [2.75, 3.05) is 46.2 Å². The van der Waals surface area contributed by atoms with Gasteiger partial charge in [0.15, 0.2) is 0 Å². The van der Waals surface area contributed by atoms with E-state index in [1.54, 1.807) is 0 Å². The van der Waals surface area contributed by atoms with Crippen LogP contribution in [0, 0.1) is 0 Å². The fraction of sp³-hybridized carbons (Fsp3) is 1.00. The van der Waals surface area contributed by atoms with E-state index < -0.39 is 14.9 Å². The number of aliphatic hydroxyl groups is 1. The maximum absolute atomic E-state index is 9.52. The lowest BCUT2D eigenvalue weighted by Gasteiger charge is -2.32. The van der Waals surface area contributed by atoms with E-state index >= 15 is 0 Å². The summed E-state index contributed by atoms with van der Waals surface area (Å²) in [6, 6.07) is 0. The van der Waals surface area contributed by atoms with Gasteiger partial charge in [0.2, 0.25) is 0 Å². The van der Waals surface area contributed by atoms with Crippen LogP contribution in [0.25, 0.3) is 0 Å². The summed E-state index contributed by atoms with van der Waals surface area (Å²) in [7, 11) is -2.68. The molecule has 1 rings (SSSR count). The average Bonchev–Trinajstić information content (AvgIpc) is 2.35. The van der Waals surface area contributed by atoms with Gasteiger partial charge >= 0.3 is 8.80 Å².